The van der Waals surface area contributed by atoms with E-state index in [2.05, 4.69) is 9.97 Å². The van der Waals surface area contributed by atoms with Crippen molar-refractivity contribution in [1.82, 2.24) is 9.97 Å². The number of hydrogen-bond donors (Lipinski definition) is 0. The van der Waals surface area contributed by atoms with E-state index in [0.29, 0.717) is 15.1 Å². The first kappa shape index (κ1) is 12.0. The van der Waals surface area contributed by atoms with Crippen molar-refractivity contribution in [3.05, 3.63) is 45.8 Å². The van der Waals surface area contributed by atoms with E-state index in [1.165, 1.54) is 18.0 Å². The van der Waals surface area contributed by atoms with E-state index in [1.807, 2.05) is 18.2 Å². The molecule has 82 valence electrons. The zero-order valence-electron chi connectivity index (χ0n) is 7.82. The second-order valence-corrected chi connectivity index (χ2v) is 5.01. The molecule has 0 aliphatic carbocycles. The van der Waals surface area contributed by atoms with E-state index in [-0.39, 0.29) is 5.28 Å². The molecule has 16 heavy (non-hydrogen) atoms. The molecule has 0 radical (unpaired) electrons. The molecular formula is C10H5Cl3N2S. The smallest absolute Gasteiger partial charge is 0.223 e. The van der Waals surface area contributed by atoms with Gasteiger partial charge in [-0.05, 0) is 23.7 Å². The molecule has 0 aliphatic rings. The summed E-state index contributed by atoms with van der Waals surface area (Å²) in [6.45, 7) is 0. The molecule has 0 saturated heterocycles. The van der Waals surface area contributed by atoms with Gasteiger partial charge in [0.25, 0.3) is 0 Å². The molecule has 0 atom stereocenters. The molecule has 2 rings (SSSR count). The maximum absolute atomic E-state index is 6.03. The summed E-state index contributed by atoms with van der Waals surface area (Å²) in [5.41, 5.74) is 0. The van der Waals surface area contributed by atoms with Crippen LogP contribution in [0.15, 0.2) is 40.4 Å². The Balaban J connectivity index is 2.34. The highest BCUT2D eigenvalue weighted by atomic mass is 35.5. The fourth-order valence-corrected chi connectivity index (χ4v) is 2.48. The van der Waals surface area contributed by atoms with E-state index in [1.54, 1.807) is 6.07 Å². The van der Waals surface area contributed by atoms with Crippen molar-refractivity contribution in [2.45, 2.75) is 9.92 Å². The Labute approximate surface area is 112 Å². The summed E-state index contributed by atoms with van der Waals surface area (Å²) in [5, 5.41) is 1.86. The highest BCUT2D eigenvalue weighted by Crippen LogP contribution is 2.35. The molecule has 2 nitrogen and oxygen atoms in total. The van der Waals surface area contributed by atoms with Gasteiger partial charge >= 0.3 is 0 Å². The van der Waals surface area contributed by atoms with Crippen LogP contribution < -0.4 is 0 Å². The fraction of sp³-hybridized carbons (Fsp3) is 0. The van der Waals surface area contributed by atoms with Crippen molar-refractivity contribution in [2.75, 3.05) is 0 Å². The molecule has 6 heteroatoms. The van der Waals surface area contributed by atoms with Crippen LogP contribution in [-0.2, 0) is 0 Å². The predicted octanol–water partition coefficient (Wildman–Crippen LogP) is 4.59. The average molecular weight is 292 g/mol. The number of halogens is 3. The van der Waals surface area contributed by atoms with E-state index in [9.17, 15) is 0 Å². The number of hydrogen-bond acceptors (Lipinski definition) is 3. The summed E-state index contributed by atoms with van der Waals surface area (Å²) in [6.07, 6.45) is 1.47. The maximum atomic E-state index is 6.03. The molecule has 1 aromatic carbocycles. The third kappa shape index (κ3) is 2.80. The third-order valence-electron chi connectivity index (χ3n) is 1.73. The minimum Gasteiger partial charge on any atom is -0.225 e. The van der Waals surface area contributed by atoms with Gasteiger partial charge in [0.2, 0.25) is 5.28 Å². The monoisotopic (exact) mass is 290 g/mol. The summed E-state index contributed by atoms with van der Waals surface area (Å²) >= 11 is 19.0. The van der Waals surface area contributed by atoms with Crippen LogP contribution in [0.5, 0.6) is 0 Å². The average Bonchev–Trinajstić information content (AvgIpc) is 2.27. The summed E-state index contributed by atoms with van der Waals surface area (Å²) in [6, 6.07) is 7.45. The van der Waals surface area contributed by atoms with E-state index >= 15 is 0 Å². The Morgan fingerprint density at radius 3 is 2.50 bits per heavy atom. The molecule has 0 amide bonds. The topological polar surface area (TPSA) is 25.8 Å². The highest BCUT2D eigenvalue weighted by Gasteiger charge is 2.08. The maximum Gasteiger partial charge on any atom is 0.223 e. The molecule has 1 aromatic heterocycles. The Bertz CT molecular complexity index is 519. The molecule has 2 aromatic rings. The minimum atomic E-state index is 0.166. The number of aromatic nitrogens is 2. The summed E-state index contributed by atoms with van der Waals surface area (Å²) < 4.78 is 0. The third-order valence-corrected chi connectivity index (χ3v) is 3.82. The number of nitrogens with zero attached hydrogens (tertiary/aromatic N) is 2. The van der Waals surface area contributed by atoms with Gasteiger partial charge in [-0.1, -0.05) is 47.1 Å². The van der Waals surface area contributed by atoms with Crippen LogP contribution in [0.25, 0.3) is 0 Å². The molecule has 0 aliphatic heterocycles. The van der Waals surface area contributed by atoms with Gasteiger partial charge in [-0.3, -0.25) is 0 Å². The standard InChI is InChI=1S/C10H5Cl3N2S/c11-6-3-1-2-4-8(6)16-9-7(12)5-14-10(13)15-9/h1-5H. The Hall–Kier alpha value is -0.480. The van der Waals surface area contributed by atoms with Crippen molar-refractivity contribution in [1.29, 1.82) is 0 Å². The van der Waals surface area contributed by atoms with Crippen molar-refractivity contribution in [3.63, 3.8) is 0 Å². The quantitative estimate of drug-likeness (QED) is 0.598. The molecule has 1 heterocycles. The van der Waals surface area contributed by atoms with Gasteiger partial charge < -0.3 is 0 Å². The first-order valence-corrected chi connectivity index (χ1v) is 6.22. The zero-order chi connectivity index (χ0) is 11.5. The van der Waals surface area contributed by atoms with Crippen LogP contribution in [0.3, 0.4) is 0 Å². The van der Waals surface area contributed by atoms with Crippen molar-refractivity contribution in [3.8, 4) is 0 Å². The lowest BCUT2D eigenvalue weighted by atomic mass is 10.4. The van der Waals surface area contributed by atoms with Crippen LogP contribution >= 0.6 is 46.6 Å². The van der Waals surface area contributed by atoms with Gasteiger partial charge in [0.1, 0.15) is 5.03 Å². The van der Waals surface area contributed by atoms with Gasteiger partial charge in [-0.15, -0.1) is 0 Å². The molecule has 0 unspecified atom stereocenters. The van der Waals surface area contributed by atoms with E-state index in [0.717, 1.165) is 4.90 Å². The lowest BCUT2D eigenvalue weighted by Gasteiger charge is -2.04. The fourth-order valence-electron chi connectivity index (χ4n) is 1.03. The van der Waals surface area contributed by atoms with Gasteiger partial charge in [-0.25, -0.2) is 9.97 Å². The minimum absolute atomic E-state index is 0.166. The van der Waals surface area contributed by atoms with Crippen LogP contribution in [0.4, 0.5) is 0 Å². The van der Waals surface area contributed by atoms with Gasteiger partial charge in [0.05, 0.1) is 16.2 Å². The van der Waals surface area contributed by atoms with Crippen LogP contribution in [0, 0.1) is 0 Å². The Morgan fingerprint density at radius 2 is 1.75 bits per heavy atom. The predicted molar refractivity (Wildman–Crippen MR) is 67.6 cm³/mol. The molecule has 0 spiro atoms. The lowest BCUT2D eigenvalue weighted by Crippen LogP contribution is -1.86. The van der Waals surface area contributed by atoms with Crippen LogP contribution in [0.1, 0.15) is 0 Å². The summed E-state index contributed by atoms with van der Waals surface area (Å²) in [7, 11) is 0. The van der Waals surface area contributed by atoms with Crippen molar-refractivity contribution < 1.29 is 0 Å². The summed E-state index contributed by atoms with van der Waals surface area (Å²) in [5.74, 6) is 0. The largest absolute Gasteiger partial charge is 0.225 e. The normalized spacial score (nSPS) is 10.4. The molecule has 0 N–H and O–H groups in total. The van der Waals surface area contributed by atoms with Gasteiger partial charge in [0.15, 0.2) is 0 Å². The van der Waals surface area contributed by atoms with Crippen molar-refractivity contribution >= 4 is 46.6 Å². The summed E-state index contributed by atoms with van der Waals surface area (Å²) in [4.78, 5) is 8.69. The molecule has 0 saturated carbocycles. The lowest BCUT2D eigenvalue weighted by molar-refractivity contribution is 1.05. The number of benzene rings is 1. The highest BCUT2D eigenvalue weighted by molar-refractivity contribution is 7.99. The first-order valence-electron chi connectivity index (χ1n) is 4.27. The van der Waals surface area contributed by atoms with Crippen LogP contribution in [0.2, 0.25) is 15.3 Å². The molecular weight excluding hydrogens is 287 g/mol. The van der Waals surface area contributed by atoms with E-state index < -0.39 is 0 Å². The second-order valence-electron chi connectivity index (χ2n) is 2.82. The molecule has 0 fully saturated rings. The second kappa shape index (κ2) is 5.23. The Morgan fingerprint density at radius 1 is 1.00 bits per heavy atom. The first-order chi connectivity index (χ1) is 7.66. The van der Waals surface area contributed by atoms with Gasteiger partial charge in [0, 0.05) is 4.90 Å². The van der Waals surface area contributed by atoms with Gasteiger partial charge in [-0.2, -0.15) is 0 Å². The number of rotatable bonds is 2. The van der Waals surface area contributed by atoms with E-state index in [4.69, 9.17) is 34.8 Å². The zero-order valence-corrected chi connectivity index (χ0v) is 10.9. The molecule has 0 bridgehead atoms. The SMILES string of the molecule is Clc1ncc(Cl)c(Sc2ccccc2Cl)n1. The Kier molecular flexibility index (Phi) is 3.92. The van der Waals surface area contributed by atoms with Crippen molar-refractivity contribution in [2.24, 2.45) is 0 Å². The van der Waals surface area contributed by atoms with Crippen LogP contribution in [-0.4, -0.2) is 9.97 Å².